The Balaban J connectivity index is 2.75. The van der Waals surface area contributed by atoms with Crippen LogP contribution in [0.25, 0.3) is 0 Å². The van der Waals surface area contributed by atoms with E-state index in [2.05, 4.69) is 30.9 Å². The highest BCUT2D eigenvalue weighted by atomic mass is 16.3. The van der Waals surface area contributed by atoms with Crippen LogP contribution >= 0.6 is 0 Å². The molecule has 0 saturated carbocycles. The fourth-order valence-corrected chi connectivity index (χ4v) is 1.67. The van der Waals surface area contributed by atoms with Gasteiger partial charge in [0.2, 0.25) is 0 Å². The summed E-state index contributed by atoms with van der Waals surface area (Å²) in [5.74, 6) is 5.84. The molecule has 0 saturated heterocycles. The first-order valence-corrected chi connectivity index (χ1v) is 5.81. The van der Waals surface area contributed by atoms with E-state index in [1.807, 2.05) is 26.0 Å². The molecule has 1 N–H and O–H groups in total. The minimum absolute atomic E-state index is 0.680. The molecule has 0 amide bonds. The molecule has 86 valence electrons. The quantitative estimate of drug-likeness (QED) is 0.766. The van der Waals surface area contributed by atoms with Crippen molar-refractivity contribution in [2.45, 2.75) is 45.6 Å². The summed E-state index contributed by atoms with van der Waals surface area (Å²) in [6.07, 6.45) is 2.45. The number of aliphatic hydroxyl groups is 1. The lowest BCUT2D eigenvalue weighted by Crippen LogP contribution is -2.20. The fraction of sp³-hybridized carbons (Fsp3) is 0.467. The van der Waals surface area contributed by atoms with E-state index in [0.717, 1.165) is 18.4 Å². The maximum Gasteiger partial charge on any atom is 0.0877 e. The van der Waals surface area contributed by atoms with E-state index in [1.54, 1.807) is 0 Å². The maximum absolute atomic E-state index is 10.3. The zero-order chi connectivity index (χ0) is 12.0. The molecule has 0 heterocycles. The van der Waals surface area contributed by atoms with Gasteiger partial charge in [-0.05, 0) is 37.8 Å². The molecule has 1 atom stereocenters. The van der Waals surface area contributed by atoms with Gasteiger partial charge in [-0.25, -0.2) is 0 Å². The van der Waals surface area contributed by atoms with Gasteiger partial charge in [-0.15, -0.1) is 11.8 Å². The summed E-state index contributed by atoms with van der Waals surface area (Å²) in [7, 11) is 0. The minimum atomic E-state index is -0.768. The lowest BCUT2D eigenvalue weighted by Gasteiger charge is -2.23. The molecule has 1 unspecified atom stereocenters. The highest BCUT2D eigenvalue weighted by Crippen LogP contribution is 2.25. The van der Waals surface area contributed by atoms with Gasteiger partial charge >= 0.3 is 0 Å². The van der Waals surface area contributed by atoms with Gasteiger partial charge < -0.3 is 5.11 Å². The minimum Gasteiger partial charge on any atom is -0.385 e. The van der Waals surface area contributed by atoms with Crippen LogP contribution < -0.4 is 0 Å². The monoisotopic (exact) mass is 216 g/mol. The van der Waals surface area contributed by atoms with Crippen molar-refractivity contribution in [1.82, 2.24) is 0 Å². The topological polar surface area (TPSA) is 20.2 Å². The zero-order valence-corrected chi connectivity index (χ0v) is 10.4. The fourth-order valence-electron chi connectivity index (χ4n) is 1.67. The first kappa shape index (κ1) is 12.8. The molecule has 0 fully saturated rings. The number of benzene rings is 1. The lowest BCUT2D eigenvalue weighted by molar-refractivity contribution is 0.0493. The van der Waals surface area contributed by atoms with Crippen molar-refractivity contribution in [3.05, 3.63) is 35.4 Å². The Labute approximate surface area is 98.5 Å². The van der Waals surface area contributed by atoms with Gasteiger partial charge in [0.05, 0.1) is 5.60 Å². The number of hydrogen-bond donors (Lipinski definition) is 1. The van der Waals surface area contributed by atoms with E-state index >= 15 is 0 Å². The van der Waals surface area contributed by atoms with E-state index in [9.17, 15) is 5.11 Å². The summed E-state index contributed by atoms with van der Waals surface area (Å²) in [6, 6.07) is 8.18. The predicted molar refractivity (Wildman–Crippen MR) is 68.1 cm³/mol. The molecule has 0 radical (unpaired) electrons. The summed E-state index contributed by atoms with van der Waals surface area (Å²) in [5.41, 5.74) is 1.51. The van der Waals surface area contributed by atoms with Crippen molar-refractivity contribution in [3.8, 4) is 11.8 Å². The van der Waals surface area contributed by atoms with Gasteiger partial charge in [0.1, 0.15) is 0 Å². The lowest BCUT2D eigenvalue weighted by atomic mass is 9.90. The average Bonchev–Trinajstić information content (AvgIpc) is 2.29. The second-order valence-electron chi connectivity index (χ2n) is 4.25. The largest absolute Gasteiger partial charge is 0.385 e. The van der Waals surface area contributed by atoms with Crippen LogP contribution in [0.2, 0.25) is 0 Å². The van der Waals surface area contributed by atoms with Crippen molar-refractivity contribution >= 4 is 0 Å². The smallest absolute Gasteiger partial charge is 0.0877 e. The van der Waals surface area contributed by atoms with Gasteiger partial charge in [-0.2, -0.15) is 0 Å². The maximum atomic E-state index is 10.3. The van der Waals surface area contributed by atoms with E-state index < -0.39 is 5.60 Å². The van der Waals surface area contributed by atoms with Gasteiger partial charge in [-0.1, -0.05) is 31.2 Å². The number of hydrogen-bond acceptors (Lipinski definition) is 1. The molecule has 16 heavy (non-hydrogen) atoms. The Hall–Kier alpha value is -1.26. The molecule has 0 aliphatic heterocycles. The van der Waals surface area contributed by atoms with Crippen molar-refractivity contribution in [2.75, 3.05) is 0 Å². The standard InChI is InChI=1S/C15H20O/c1-4-6-7-12-15(3,16)14-10-8-13(5-2)9-11-14/h8-11,16H,5,7,12H2,1-3H3. The van der Waals surface area contributed by atoms with Crippen molar-refractivity contribution < 1.29 is 5.11 Å². The molecule has 0 aromatic heterocycles. The Morgan fingerprint density at radius 1 is 1.25 bits per heavy atom. The Morgan fingerprint density at radius 2 is 1.88 bits per heavy atom. The van der Waals surface area contributed by atoms with Crippen LogP contribution in [0.15, 0.2) is 24.3 Å². The summed E-state index contributed by atoms with van der Waals surface area (Å²) < 4.78 is 0. The number of rotatable bonds is 4. The molecule has 1 heteroatoms. The van der Waals surface area contributed by atoms with Crippen LogP contribution in [-0.2, 0) is 12.0 Å². The van der Waals surface area contributed by atoms with Gasteiger partial charge in [0, 0.05) is 6.42 Å². The van der Waals surface area contributed by atoms with Crippen LogP contribution in [0.5, 0.6) is 0 Å². The van der Waals surface area contributed by atoms with Gasteiger partial charge in [0.15, 0.2) is 0 Å². The molecule has 0 aliphatic rings. The molecular weight excluding hydrogens is 196 g/mol. The van der Waals surface area contributed by atoms with Gasteiger partial charge in [0.25, 0.3) is 0 Å². The third kappa shape index (κ3) is 3.40. The Morgan fingerprint density at radius 3 is 2.38 bits per heavy atom. The van der Waals surface area contributed by atoms with Crippen LogP contribution in [0, 0.1) is 11.8 Å². The molecule has 0 aliphatic carbocycles. The van der Waals surface area contributed by atoms with Crippen molar-refractivity contribution in [2.24, 2.45) is 0 Å². The second kappa shape index (κ2) is 5.72. The van der Waals surface area contributed by atoms with E-state index in [1.165, 1.54) is 5.56 Å². The summed E-state index contributed by atoms with van der Waals surface area (Å²) in [4.78, 5) is 0. The summed E-state index contributed by atoms with van der Waals surface area (Å²) in [5, 5.41) is 10.3. The zero-order valence-electron chi connectivity index (χ0n) is 10.4. The summed E-state index contributed by atoms with van der Waals surface area (Å²) in [6.45, 7) is 5.81. The van der Waals surface area contributed by atoms with Crippen LogP contribution in [-0.4, -0.2) is 5.11 Å². The van der Waals surface area contributed by atoms with Crippen molar-refractivity contribution in [1.29, 1.82) is 0 Å². The van der Waals surface area contributed by atoms with Gasteiger partial charge in [-0.3, -0.25) is 0 Å². The number of aryl methyl sites for hydroxylation is 1. The third-order valence-corrected chi connectivity index (χ3v) is 2.90. The Bertz CT molecular complexity index is 376. The molecular formula is C15H20O. The average molecular weight is 216 g/mol. The first-order valence-electron chi connectivity index (χ1n) is 5.81. The highest BCUT2D eigenvalue weighted by molar-refractivity contribution is 5.26. The first-order chi connectivity index (χ1) is 7.60. The second-order valence-corrected chi connectivity index (χ2v) is 4.25. The van der Waals surface area contributed by atoms with Crippen LogP contribution in [0.4, 0.5) is 0 Å². The molecule has 0 bridgehead atoms. The van der Waals surface area contributed by atoms with E-state index in [0.29, 0.717) is 6.42 Å². The van der Waals surface area contributed by atoms with Crippen molar-refractivity contribution in [3.63, 3.8) is 0 Å². The van der Waals surface area contributed by atoms with Crippen LogP contribution in [0.3, 0.4) is 0 Å². The molecule has 1 aromatic carbocycles. The van der Waals surface area contributed by atoms with Crippen LogP contribution in [0.1, 0.15) is 44.7 Å². The molecule has 0 spiro atoms. The Kier molecular flexibility index (Phi) is 4.58. The SMILES string of the molecule is CC#CCCC(C)(O)c1ccc(CC)cc1. The molecule has 1 aromatic rings. The summed E-state index contributed by atoms with van der Waals surface area (Å²) >= 11 is 0. The molecule has 1 nitrogen and oxygen atoms in total. The highest BCUT2D eigenvalue weighted by Gasteiger charge is 2.21. The normalized spacial score (nSPS) is 13.8. The van der Waals surface area contributed by atoms with E-state index in [-0.39, 0.29) is 0 Å². The molecule has 1 rings (SSSR count). The van der Waals surface area contributed by atoms with E-state index in [4.69, 9.17) is 0 Å². The predicted octanol–water partition coefficient (Wildman–Crippen LogP) is 3.26. The third-order valence-electron chi connectivity index (χ3n) is 2.90.